The SMILES string of the molecule is Cc1cc(N(C)c2ccc(-c3cnn(CC45CC6CC(CC(C6)C4)C5)c3C)c(C(=O)NS(=O)(=O)CCCCCC(=O)N[C@H](C(=O)N3C[C@H](O)C[C@H]3C(=O)N[C@@H](C)c3ccc(-c4scnc4C)cc3)C(C)(C)C)n2)nnc1Nc1nc2cccnc2s1. The minimum Gasteiger partial charge on any atom is -0.391 e. The number of thiazole rings is 2. The molecule has 86 heavy (non-hydrogen) atoms. The Balaban J connectivity index is 0.727. The second kappa shape index (κ2) is 24.5. The Labute approximate surface area is 509 Å². The topological polar surface area (TPSA) is 272 Å². The van der Waals surface area contributed by atoms with Crippen LogP contribution in [0.3, 0.4) is 0 Å². The van der Waals surface area contributed by atoms with E-state index in [1.54, 1.807) is 53.3 Å². The number of hydrogen-bond acceptors (Lipinski definition) is 18. The summed E-state index contributed by atoms with van der Waals surface area (Å²) < 4.78 is 32.0. The van der Waals surface area contributed by atoms with Gasteiger partial charge in [-0.25, -0.2) is 33.1 Å². The van der Waals surface area contributed by atoms with Gasteiger partial charge in [0.2, 0.25) is 27.7 Å². The third-order valence-corrected chi connectivity index (χ3v) is 21.0. The van der Waals surface area contributed by atoms with Crippen molar-refractivity contribution in [1.82, 2.24) is 60.2 Å². The first-order chi connectivity index (χ1) is 41.0. The van der Waals surface area contributed by atoms with Crippen LogP contribution in [0.4, 0.5) is 22.6 Å². The van der Waals surface area contributed by atoms with E-state index in [9.17, 15) is 32.7 Å². The molecule has 1 saturated heterocycles. The zero-order chi connectivity index (χ0) is 60.8. The van der Waals surface area contributed by atoms with Gasteiger partial charge in [-0.05, 0) is 155 Å². The molecule has 4 saturated carbocycles. The standard InChI is InChI=1S/C62H76N14O7S3/c1-35-23-50(71-72-55(35)70-60-67-47-13-12-21-63-58(47)85-60)74(8)49-20-19-45(46-31-65-76(38(46)4)33-62-28-39-24-40(29-62)26-41(25-39)30-62)52(68-49)57(80)73-86(82,83)22-11-9-10-14-51(78)69-54(61(5,6)7)59(81)75-32-44(77)27-48(75)56(79)66-36(2)42-15-17-43(18-16-42)53-37(3)64-34-84-53/h12-13,15-21,23,31,34,36,39-41,44,48,54,77H,9-11,14,22,24-30,32-33H2,1-8H3,(H,66,79)(H,69,78)(H,73,80)(H,67,70,72)/t36-,39?,40?,41?,44+,48-,54+,62?/m0/s1. The number of fused-ring (bicyclic) bond motifs is 1. The molecule has 7 aromatic rings. The minimum absolute atomic E-state index is 0.00876. The van der Waals surface area contributed by atoms with Gasteiger partial charge in [0, 0.05) is 56.0 Å². The number of likely N-dealkylation sites (tertiary alicyclic amines) is 1. The predicted octanol–water partition coefficient (Wildman–Crippen LogP) is 9.51. The summed E-state index contributed by atoms with van der Waals surface area (Å²) in [6.07, 6.45) is 10.9. The highest BCUT2D eigenvalue weighted by Gasteiger charge is 2.51. The first-order valence-corrected chi connectivity index (χ1v) is 33.1. The quantitative estimate of drug-likeness (QED) is 0.0419. The molecule has 0 unspecified atom stereocenters. The van der Waals surface area contributed by atoms with Crippen molar-refractivity contribution in [3.63, 3.8) is 0 Å². The van der Waals surface area contributed by atoms with E-state index in [4.69, 9.17) is 10.1 Å². The average Bonchev–Trinajstić information content (AvgIpc) is 1.12. The van der Waals surface area contributed by atoms with Gasteiger partial charge in [-0.2, -0.15) is 5.10 Å². The monoisotopic (exact) mass is 1220 g/mol. The van der Waals surface area contributed by atoms with Crippen molar-refractivity contribution >= 4 is 89.3 Å². The number of aromatic nitrogens is 8. The van der Waals surface area contributed by atoms with Crippen LogP contribution in [0.1, 0.15) is 137 Å². The molecule has 12 rings (SSSR count). The molecule has 6 aromatic heterocycles. The number of benzene rings is 1. The van der Waals surface area contributed by atoms with Crippen LogP contribution < -0.4 is 25.6 Å². The molecule has 5 fully saturated rings. The number of hydrogen-bond donors (Lipinski definition) is 5. The van der Waals surface area contributed by atoms with Gasteiger partial charge in [0.15, 0.2) is 16.8 Å². The highest BCUT2D eigenvalue weighted by Crippen LogP contribution is 2.60. The molecular formula is C62H76N14O7S3. The Morgan fingerprint density at radius 3 is 2.28 bits per heavy atom. The fraction of sp³-hybridized carbons (Fsp3) is 0.500. The summed E-state index contributed by atoms with van der Waals surface area (Å²) in [5.74, 6) is 0.940. The number of rotatable bonds is 21. The zero-order valence-electron chi connectivity index (χ0n) is 50.0. The van der Waals surface area contributed by atoms with Crippen molar-refractivity contribution in [2.75, 3.05) is 29.6 Å². The van der Waals surface area contributed by atoms with Gasteiger partial charge in [-0.15, -0.1) is 21.5 Å². The number of carbonyl (C=O) groups is 4. The maximum absolute atomic E-state index is 14.5. The summed E-state index contributed by atoms with van der Waals surface area (Å²) in [4.78, 5) is 79.4. The van der Waals surface area contributed by atoms with Crippen LogP contribution in [-0.2, 0) is 31.0 Å². The summed E-state index contributed by atoms with van der Waals surface area (Å²) in [7, 11) is -2.48. The minimum atomic E-state index is -4.22. The fourth-order valence-corrected chi connectivity index (χ4v) is 16.4. The molecule has 4 atom stereocenters. The number of anilines is 4. The van der Waals surface area contributed by atoms with Crippen molar-refractivity contribution in [2.45, 2.75) is 150 Å². The molecule has 4 amide bonds. The molecule has 4 bridgehead atoms. The molecule has 0 radical (unpaired) electrons. The van der Waals surface area contributed by atoms with Gasteiger partial charge in [0.25, 0.3) is 5.91 Å². The van der Waals surface area contributed by atoms with Crippen molar-refractivity contribution < 1.29 is 32.7 Å². The van der Waals surface area contributed by atoms with E-state index in [-0.39, 0.29) is 36.9 Å². The lowest BCUT2D eigenvalue weighted by Crippen LogP contribution is -2.57. The number of aliphatic hydroxyl groups excluding tert-OH is 1. The lowest BCUT2D eigenvalue weighted by Gasteiger charge is -2.56. The Hall–Kier alpha value is -7.28. The highest BCUT2D eigenvalue weighted by molar-refractivity contribution is 7.90. The smallest absolute Gasteiger partial charge is 0.284 e. The van der Waals surface area contributed by atoms with E-state index in [1.807, 2.05) is 90.9 Å². The van der Waals surface area contributed by atoms with Crippen LogP contribution >= 0.6 is 22.7 Å². The number of nitrogens with zero attached hydrogens (tertiary/aromatic N) is 10. The number of nitrogens with one attached hydrogen (secondary N) is 4. The molecule has 5 aliphatic rings. The first kappa shape index (κ1) is 60.4. The second-order valence-corrected chi connectivity index (χ2v) is 29.2. The lowest BCUT2D eigenvalue weighted by atomic mass is 9.49. The number of β-amino-alcohol motifs (C(OH)–C–C–N with tert-alkyl or cyclic N) is 1. The van der Waals surface area contributed by atoms with E-state index < -0.39 is 69.0 Å². The van der Waals surface area contributed by atoms with Gasteiger partial charge >= 0.3 is 0 Å². The Bertz CT molecular complexity index is 3730. The molecule has 24 heteroatoms. The number of unbranched alkanes of at least 4 members (excludes halogenated alkanes) is 2. The van der Waals surface area contributed by atoms with Gasteiger partial charge in [0.05, 0.1) is 40.2 Å². The summed E-state index contributed by atoms with van der Waals surface area (Å²) in [6, 6.07) is 14.6. The van der Waals surface area contributed by atoms with Gasteiger partial charge in [0.1, 0.15) is 33.9 Å². The van der Waals surface area contributed by atoms with Crippen molar-refractivity contribution in [1.29, 1.82) is 0 Å². The molecule has 0 spiro atoms. The van der Waals surface area contributed by atoms with Crippen molar-refractivity contribution in [3.05, 3.63) is 101 Å². The van der Waals surface area contributed by atoms with Gasteiger partial charge in [-0.1, -0.05) is 62.8 Å². The van der Waals surface area contributed by atoms with Crippen LogP contribution in [0.15, 0.2) is 72.5 Å². The predicted molar refractivity (Wildman–Crippen MR) is 332 cm³/mol. The molecule has 1 aliphatic heterocycles. The third kappa shape index (κ3) is 13.2. The number of carbonyl (C=O) groups excluding carboxylic acids is 4. The largest absolute Gasteiger partial charge is 0.391 e. The van der Waals surface area contributed by atoms with Crippen LogP contribution in [0.5, 0.6) is 0 Å². The Morgan fingerprint density at radius 1 is 0.872 bits per heavy atom. The third-order valence-electron chi connectivity index (χ3n) is 17.8. The Morgan fingerprint density at radius 2 is 1.60 bits per heavy atom. The molecule has 21 nitrogen and oxygen atoms in total. The first-order valence-electron chi connectivity index (χ1n) is 29.7. The molecule has 7 heterocycles. The maximum atomic E-state index is 14.5. The van der Waals surface area contributed by atoms with E-state index in [2.05, 4.69) is 50.5 Å². The normalized spacial score (nSPS) is 21.5. The maximum Gasteiger partial charge on any atom is 0.284 e. The number of aryl methyl sites for hydroxylation is 2. The number of aliphatic hydroxyl groups is 1. The molecular weight excluding hydrogens is 1150 g/mol. The van der Waals surface area contributed by atoms with E-state index in [0.29, 0.717) is 46.6 Å². The second-order valence-electron chi connectivity index (χ2n) is 25.5. The summed E-state index contributed by atoms with van der Waals surface area (Å²) in [5.41, 5.74) is 7.47. The fourth-order valence-electron chi connectivity index (χ4n) is 13.7. The van der Waals surface area contributed by atoms with Crippen LogP contribution in [0.25, 0.3) is 31.9 Å². The number of pyridine rings is 2. The van der Waals surface area contributed by atoms with Crippen LogP contribution in [0, 0.1) is 49.4 Å². The molecule has 1 aromatic carbocycles. The van der Waals surface area contributed by atoms with E-state index in [1.165, 1.54) is 54.8 Å². The van der Waals surface area contributed by atoms with Gasteiger partial charge < -0.3 is 30.9 Å². The van der Waals surface area contributed by atoms with E-state index in [0.717, 1.165) is 67.6 Å². The van der Waals surface area contributed by atoms with Crippen LogP contribution in [0.2, 0.25) is 0 Å². The number of amides is 4. The molecule has 454 valence electrons. The van der Waals surface area contributed by atoms with Crippen LogP contribution in [-0.4, -0.2) is 119 Å². The summed E-state index contributed by atoms with van der Waals surface area (Å²) >= 11 is 2.96. The lowest BCUT2D eigenvalue weighted by molar-refractivity contribution is -0.144. The zero-order valence-corrected chi connectivity index (χ0v) is 52.4. The van der Waals surface area contributed by atoms with Crippen molar-refractivity contribution in [3.8, 4) is 21.6 Å². The summed E-state index contributed by atoms with van der Waals surface area (Å²) in [5, 5.41) is 34.4. The number of sulfonamides is 1. The summed E-state index contributed by atoms with van der Waals surface area (Å²) in [6.45, 7) is 13.9. The Kier molecular flexibility index (Phi) is 17.2. The molecule has 4 aliphatic carbocycles. The molecule has 5 N–H and O–H groups in total. The highest BCUT2D eigenvalue weighted by atomic mass is 32.2. The van der Waals surface area contributed by atoms with Crippen molar-refractivity contribution in [2.24, 2.45) is 28.6 Å². The van der Waals surface area contributed by atoms with E-state index >= 15 is 0 Å². The van der Waals surface area contributed by atoms with Gasteiger partial charge in [-0.3, -0.25) is 23.9 Å². The average molecular weight is 1230 g/mol.